The molecule has 0 N–H and O–H groups in total. The smallest absolute Gasteiger partial charge is 0.285 e. The summed E-state index contributed by atoms with van der Waals surface area (Å²) in [4.78, 5) is 24.3. The van der Waals surface area contributed by atoms with Crippen LogP contribution in [0.25, 0.3) is 0 Å². The number of nitrogens with zero attached hydrogens (tertiary/aromatic N) is 3. The van der Waals surface area contributed by atoms with Gasteiger partial charge in [0.15, 0.2) is 5.78 Å². The third-order valence-corrected chi connectivity index (χ3v) is 4.11. The van der Waals surface area contributed by atoms with Crippen molar-refractivity contribution >= 4 is 5.78 Å². The molecule has 0 spiro atoms. The van der Waals surface area contributed by atoms with Crippen molar-refractivity contribution in [3.05, 3.63) is 27.2 Å². The van der Waals surface area contributed by atoms with Crippen LogP contribution in [-0.2, 0) is 11.3 Å². The minimum Gasteiger partial charge on any atom is -0.297 e. The highest BCUT2D eigenvalue weighted by molar-refractivity contribution is 5.80. The van der Waals surface area contributed by atoms with Crippen molar-refractivity contribution in [3.8, 4) is 6.07 Å². The van der Waals surface area contributed by atoms with Crippen LogP contribution in [0.5, 0.6) is 0 Å². The fourth-order valence-electron chi connectivity index (χ4n) is 2.71. The lowest BCUT2D eigenvalue weighted by Crippen LogP contribution is -2.33. The minimum absolute atomic E-state index is 0.0146. The number of carbonyl (C=O) groups is 1. The second kappa shape index (κ2) is 6.00. The zero-order valence-electron chi connectivity index (χ0n) is 12.0. The molecule has 5 nitrogen and oxygen atoms in total. The predicted molar refractivity (Wildman–Crippen MR) is 74.3 cm³/mol. The van der Waals surface area contributed by atoms with Crippen LogP contribution >= 0.6 is 0 Å². The van der Waals surface area contributed by atoms with Crippen LogP contribution < -0.4 is 5.56 Å². The van der Waals surface area contributed by atoms with Crippen LogP contribution in [0, 0.1) is 31.1 Å². The third-order valence-electron chi connectivity index (χ3n) is 4.11. The molecule has 1 fully saturated rings. The summed E-state index contributed by atoms with van der Waals surface area (Å²) in [5, 5.41) is 13.2. The SMILES string of the molecule is Cc1nn(CC(=O)C2CCCCC2)c(=O)c(C#N)c1C. The van der Waals surface area contributed by atoms with Crippen molar-refractivity contribution in [1.82, 2.24) is 9.78 Å². The molecule has 0 aliphatic heterocycles. The van der Waals surface area contributed by atoms with Gasteiger partial charge in [-0.15, -0.1) is 0 Å². The quantitative estimate of drug-likeness (QED) is 0.842. The van der Waals surface area contributed by atoms with Gasteiger partial charge in [0, 0.05) is 5.92 Å². The average Bonchev–Trinajstić information content (AvgIpc) is 2.46. The molecule has 106 valence electrons. The lowest BCUT2D eigenvalue weighted by atomic mass is 9.86. The molecule has 0 radical (unpaired) electrons. The maximum atomic E-state index is 12.2. The fraction of sp³-hybridized carbons (Fsp3) is 0.600. The number of carbonyl (C=O) groups excluding carboxylic acids is 1. The molecular weight excluding hydrogens is 254 g/mol. The monoisotopic (exact) mass is 273 g/mol. The zero-order valence-corrected chi connectivity index (χ0v) is 12.0. The standard InChI is InChI=1S/C15H19N3O2/c1-10-11(2)17-18(15(20)13(10)8-16)9-14(19)12-6-4-3-5-7-12/h12H,3-7,9H2,1-2H3. The highest BCUT2D eigenvalue weighted by Gasteiger charge is 2.22. The Bertz CT molecular complexity index is 619. The molecule has 0 atom stereocenters. The Labute approximate surface area is 118 Å². The number of ketones is 1. The van der Waals surface area contributed by atoms with Crippen molar-refractivity contribution < 1.29 is 4.79 Å². The molecular formula is C15H19N3O2. The van der Waals surface area contributed by atoms with Gasteiger partial charge in [0.25, 0.3) is 5.56 Å². The second-order valence-corrected chi connectivity index (χ2v) is 5.46. The summed E-state index contributed by atoms with van der Waals surface area (Å²) in [6.07, 6.45) is 5.15. The third kappa shape index (κ3) is 2.79. The molecule has 1 aromatic heterocycles. The minimum atomic E-state index is -0.459. The van der Waals surface area contributed by atoms with Crippen molar-refractivity contribution in [3.63, 3.8) is 0 Å². The first-order valence-electron chi connectivity index (χ1n) is 7.05. The molecule has 1 aliphatic carbocycles. The van der Waals surface area contributed by atoms with Crippen LogP contribution in [0.1, 0.15) is 48.9 Å². The van der Waals surface area contributed by atoms with Gasteiger partial charge in [0.1, 0.15) is 18.2 Å². The van der Waals surface area contributed by atoms with E-state index in [1.54, 1.807) is 13.8 Å². The van der Waals surface area contributed by atoms with Gasteiger partial charge >= 0.3 is 0 Å². The molecule has 20 heavy (non-hydrogen) atoms. The summed E-state index contributed by atoms with van der Waals surface area (Å²) >= 11 is 0. The van der Waals surface area contributed by atoms with Crippen LogP contribution in [0.15, 0.2) is 4.79 Å². The van der Waals surface area contributed by atoms with Crippen LogP contribution in [0.3, 0.4) is 0 Å². The van der Waals surface area contributed by atoms with Crippen LogP contribution in [0.2, 0.25) is 0 Å². The van der Waals surface area contributed by atoms with E-state index in [0.717, 1.165) is 30.4 Å². The van der Waals surface area contributed by atoms with E-state index in [1.807, 2.05) is 6.07 Å². The van der Waals surface area contributed by atoms with E-state index in [-0.39, 0.29) is 23.8 Å². The highest BCUT2D eigenvalue weighted by atomic mass is 16.1. The summed E-state index contributed by atoms with van der Waals surface area (Å²) in [7, 11) is 0. The molecule has 0 saturated heterocycles. The van der Waals surface area contributed by atoms with E-state index in [4.69, 9.17) is 5.26 Å². The Morgan fingerprint density at radius 3 is 2.60 bits per heavy atom. The number of aryl methyl sites for hydroxylation is 1. The highest BCUT2D eigenvalue weighted by Crippen LogP contribution is 2.24. The van der Waals surface area contributed by atoms with E-state index >= 15 is 0 Å². The maximum absolute atomic E-state index is 12.2. The van der Waals surface area contributed by atoms with E-state index in [9.17, 15) is 9.59 Å². The van der Waals surface area contributed by atoms with E-state index in [0.29, 0.717) is 11.3 Å². The fourth-order valence-corrected chi connectivity index (χ4v) is 2.71. The van der Waals surface area contributed by atoms with Gasteiger partial charge in [0.05, 0.1) is 5.69 Å². The largest absolute Gasteiger partial charge is 0.297 e. The first-order chi connectivity index (χ1) is 9.54. The van der Waals surface area contributed by atoms with Gasteiger partial charge in [0.2, 0.25) is 0 Å². The Balaban J connectivity index is 2.26. The topological polar surface area (TPSA) is 75.8 Å². The van der Waals surface area contributed by atoms with Crippen LogP contribution in [-0.4, -0.2) is 15.6 Å². The van der Waals surface area contributed by atoms with Crippen LogP contribution in [0.4, 0.5) is 0 Å². The lowest BCUT2D eigenvalue weighted by Gasteiger charge is -2.20. The Morgan fingerprint density at radius 2 is 2.00 bits per heavy atom. The van der Waals surface area contributed by atoms with Gasteiger partial charge in [-0.25, -0.2) is 4.68 Å². The molecule has 1 aliphatic rings. The molecule has 1 saturated carbocycles. The molecule has 0 amide bonds. The van der Waals surface area contributed by atoms with Crippen molar-refractivity contribution in [2.24, 2.45) is 5.92 Å². The number of Topliss-reactive ketones (excluding diaryl/α,β-unsaturated/α-hetero) is 1. The predicted octanol–water partition coefficient (Wildman–Crippen LogP) is 1.88. The number of aromatic nitrogens is 2. The molecule has 5 heteroatoms. The van der Waals surface area contributed by atoms with E-state index < -0.39 is 5.56 Å². The average molecular weight is 273 g/mol. The summed E-state index contributed by atoms with van der Waals surface area (Å²) in [5.41, 5.74) is 0.852. The van der Waals surface area contributed by atoms with Gasteiger partial charge in [-0.1, -0.05) is 19.3 Å². The first-order valence-corrected chi connectivity index (χ1v) is 7.05. The van der Waals surface area contributed by atoms with Crippen molar-refractivity contribution in [2.75, 3.05) is 0 Å². The number of hydrogen-bond acceptors (Lipinski definition) is 4. The molecule has 0 unspecified atom stereocenters. The summed E-state index contributed by atoms with van der Waals surface area (Å²) < 4.78 is 1.15. The second-order valence-electron chi connectivity index (χ2n) is 5.46. The van der Waals surface area contributed by atoms with E-state index in [1.165, 1.54) is 6.42 Å². The van der Waals surface area contributed by atoms with Gasteiger partial charge < -0.3 is 0 Å². The summed E-state index contributed by atoms with van der Waals surface area (Å²) in [6, 6.07) is 1.91. The summed E-state index contributed by atoms with van der Waals surface area (Å²) in [6.45, 7) is 3.44. The molecule has 1 heterocycles. The number of nitriles is 1. The van der Waals surface area contributed by atoms with Gasteiger partial charge in [-0.3, -0.25) is 9.59 Å². The summed E-state index contributed by atoms with van der Waals surface area (Å²) in [5.74, 6) is 0.107. The first kappa shape index (κ1) is 14.4. The molecule has 1 aromatic rings. The van der Waals surface area contributed by atoms with Gasteiger partial charge in [-0.05, 0) is 32.3 Å². The Morgan fingerprint density at radius 1 is 1.35 bits per heavy atom. The zero-order chi connectivity index (χ0) is 14.7. The van der Waals surface area contributed by atoms with E-state index in [2.05, 4.69) is 5.10 Å². The maximum Gasteiger partial charge on any atom is 0.285 e. The molecule has 0 bridgehead atoms. The number of hydrogen-bond donors (Lipinski definition) is 0. The molecule has 0 aromatic carbocycles. The number of rotatable bonds is 3. The Kier molecular flexibility index (Phi) is 4.33. The normalized spacial score (nSPS) is 15.8. The van der Waals surface area contributed by atoms with Crippen molar-refractivity contribution in [2.45, 2.75) is 52.5 Å². The Hall–Kier alpha value is -1.96. The van der Waals surface area contributed by atoms with Gasteiger partial charge in [-0.2, -0.15) is 10.4 Å². The lowest BCUT2D eigenvalue weighted by molar-refractivity contribution is -0.124. The molecule has 2 rings (SSSR count). The van der Waals surface area contributed by atoms with Crippen molar-refractivity contribution in [1.29, 1.82) is 5.26 Å².